The second kappa shape index (κ2) is 8.77. The van der Waals surface area contributed by atoms with Gasteiger partial charge < -0.3 is 19.5 Å². The topological polar surface area (TPSA) is 79.3 Å². The van der Waals surface area contributed by atoms with Gasteiger partial charge in [0.1, 0.15) is 11.6 Å². The molecule has 1 saturated heterocycles. The zero-order valence-corrected chi connectivity index (χ0v) is 14.4. The van der Waals surface area contributed by atoms with Gasteiger partial charge in [0.15, 0.2) is 6.10 Å². The maximum atomic E-state index is 13.2. The number of benzene rings is 1. The van der Waals surface area contributed by atoms with E-state index in [0.717, 1.165) is 0 Å². The van der Waals surface area contributed by atoms with Crippen LogP contribution in [0, 0.1) is 5.82 Å². The number of hydrogen-bond donors (Lipinski definition) is 1. The first kappa shape index (κ1) is 19.1. The van der Waals surface area contributed by atoms with Crippen LogP contribution in [0.15, 0.2) is 24.3 Å². The average molecular weight is 354 g/mol. The van der Waals surface area contributed by atoms with Crippen LogP contribution in [0.1, 0.15) is 6.92 Å². The number of carbonyl (C=O) groups is 2. The molecular weight excluding hydrogens is 331 g/mol. The number of morpholine rings is 1. The van der Waals surface area contributed by atoms with E-state index in [2.05, 4.69) is 0 Å². The molecule has 1 aliphatic heterocycles. The minimum absolute atomic E-state index is 0.0904. The maximum Gasteiger partial charge on any atom is 0.317 e. The number of halogens is 1. The lowest BCUT2D eigenvalue weighted by atomic mass is 10.2. The molecule has 0 spiro atoms. The fourth-order valence-electron chi connectivity index (χ4n) is 2.73. The SMILES string of the molecule is CC(Oc1cccc(F)c1)C(=O)N1CCOC(CN(C)CC(=O)O)C1. The van der Waals surface area contributed by atoms with Crippen molar-refractivity contribution in [3.63, 3.8) is 0 Å². The van der Waals surface area contributed by atoms with Crippen LogP contribution in [-0.4, -0.2) is 78.8 Å². The summed E-state index contributed by atoms with van der Waals surface area (Å²) in [6.07, 6.45) is -1.01. The van der Waals surface area contributed by atoms with Crippen LogP contribution >= 0.6 is 0 Å². The Morgan fingerprint density at radius 2 is 2.28 bits per heavy atom. The number of ether oxygens (including phenoxy) is 2. The van der Waals surface area contributed by atoms with E-state index >= 15 is 0 Å². The van der Waals surface area contributed by atoms with E-state index in [1.807, 2.05) is 0 Å². The zero-order valence-electron chi connectivity index (χ0n) is 14.4. The summed E-state index contributed by atoms with van der Waals surface area (Å²) in [5.41, 5.74) is 0. The summed E-state index contributed by atoms with van der Waals surface area (Å²) in [6.45, 7) is 3.12. The first-order chi connectivity index (χ1) is 11.8. The van der Waals surface area contributed by atoms with Crippen LogP contribution in [0.5, 0.6) is 5.75 Å². The molecule has 0 aliphatic carbocycles. The van der Waals surface area contributed by atoms with Crippen molar-refractivity contribution < 1.29 is 28.6 Å². The lowest BCUT2D eigenvalue weighted by Gasteiger charge is -2.35. The number of rotatable bonds is 7. The summed E-state index contributed by atoms with van der Waals surface area (Å²) in [7, 11) is 1.69. The molecule has 0 aromatic heterocycles. The van der Waals surface area contributed by atoms with E-state index in [-0.39, 0.29) is 18.6 Å². The van der Waals surface area contributed by atoms with Gasteiger partial charge in [0, 0.05) is 25.7 Å². The molecule has 25 heavy (non-hydrogen) atoms. The molecule has 2 atom stereocenters. The van der Waals surface area contributed by atoms with Crippen LogP contribution in [-0.2, 0) is 14.3 Å². The summed E-state index contributed by atoms with van der Waals surface area (Å²) in [5.74, 6) is -1.25. The number of carboxylic acids is 1. The largest absolute Gasteiger partial charge is 0.481 e. The van der Waals surface area contributed by atoms with Crippen molar-refractivity contribution in [1.82, 2.24) is 9.80 Å². The van der Waals surface area contributed by atoms with Gasteiger partial charge in [-0.1, -0.05) is 6.07 Å². The molecule has 1 amide bonds. The fraction of sp³-hybridized carbons (Fsp3) is 0.529. The molecule has 1 aromatic rings. The number of nitrogens with zero attached hydrogens (tertiary/aromatic N) is 2. The molecule has 2 rings (SSSR count). The predicted octanol–water partition coefficient (Wildman–Crippen LogP) is 0.837. The number of carbonyl (C=O) groups excluding carboxylic acids is 1. The highest BCUT2D eigenvalue weighted by Gasteiger charge is 2.29. The van der Waals surface area contributed by atoms with E-state index in [4.69, 9.17) is 14.6 Å². The summed E-state index contributed by atoms with van der Waals surface area (Å²) in [4.78, 5) is 26.5. The van der Waals surface area contributed by atoms with Gasteiger partial charge in [-0.25, -0.2) is 4.39 Å². The molecule has 1 heterocycles. The Kier molecular flexibility index (Phi) is 6.72. The van der Waals surface area contributed by atoms with Crippen LogP contribution in [0.25, 0.3) is 0 Å². The van der Waals surface area contributed by atoms with E-state index in [0.29, 0.717) is 32.0 Å². The van der Waals surface area contributed by atoms with Crippen molar-refractivity contribution in [2.75, 3.05) is 39.8 Å². The molecule has 1 aromatic carbocycles. The first-order valence-corrected chi connectivity index (χ1v) is 8.08. The normalized spacial score (nSPS) is 18.9. The van der Waals surface area contributed by atoms with Gasteiger partial charge in [0.25, 0.3) is 5.91 Å². The van der Waals surface area contributed by atoms with E-state index < -0.39 is 17.9 Å². The van der Waals surface area contributed by atoms with Gasteiger partial charge in [-0.15, -0.1) is 0 Å². The molecule has 0 saturated carbocycles. The lowest BCUT2D eigenvalue weighted by molar-refractivity contribution is -0.147. The third-order valence-electron chi connectivity index (χ3n) is 3.83. The Balaban J connectivity index is 1.88. The van der Waals surface area contributed by atoms with E-state index in [9.17, 15) is 14.0 Å². The minimum Gasteiger partial charge on any atom is -0.481 e. The first-order valence-electron chi connectivity index (χ1n) is 8.08. The van der Waals surface area contributed by atoms with Gasteiger partial charge in [-0.3, -0.25) is 14.5 Å². The molecule has 0 radical (unpaired) electrons. The molecule has 2 unspecified atom stereocenters. The Hall–Kier alpha value is -2.19. The third-order valence-corrected chi connectivity index (χ3v) is 3.83. The van der Waals surface area contributed by atoms with Crippen molar-refractivity contribution >= 4 is 11.9 Å². The molecule has 7 nitrogen and oxygen atoms in total. The van der Waals surface area contributed by atoms with Crippen LogP contribution < -0.4 is 4.74 Å². The Morgan fingerprint density at radius 3 is 2.96 bits per heavy atom. The van der Waals surface area contributed by atoms with Gasteiger partial charge >= 0.3 is 5.97 Å². The minimum atomic E-state index is -0.914. The van der Waals surface area contributed by atoms with Crippen LogP contribution in [0.2, 0.25) is 0 Å². The molecule has 1 aliphatic rings. The monoisotopic (exact) mass is 354 g/mol. The number of hydrogen-bond acceptors (Lipinski definition) is 5. The van der Waals surface area contributed by atoms with E-state index in [1.54, 1.807) is 29.8 Å². The Bertz CT molecular complexity index is 612. The Morgan fingerprint density at radius 1 is 1.52 bits per heavy atom. The molecule has 8 heteroatoms. The smallest absolute Gasteiger partial charge is 0.317 e. The second-order valence-electron chi connectivity index (χ2n) is 6.08. The highest BCUT2D eigenvalue weighted by molar-refractivity contribution is 5.81. The van der Waals surface area contributed by atoms with Crippen molar-refractivity contribution in [1.29, 1.82) is 0 Å². The van der Waals surface area contributed by atoms with Crippen LogP contribution in [0.4, 0.5) is 4.39 Å². The van der Waals surface area contributed by atoms with Gasteiger partial charge in [0.2, 0.25) is 0 Å². The number of carboxylic acid groups (broad SMARTS) is 1. The quantitative estimate of drug-likeness (QED) is 0.782. The van der Waals surface area contributed by atoms with E-state index in [1.165, 1.54) is 18.2 Å². The Labute approximate surface area is 145 Å². The number of aliphatic carboxylic acids is 1. The standard InChI is InChI=1S/C17H23FN2O5/c1-12(25-14-5-3-4-13(18)8-14)17(23)20-6-7-24-15(10-20)9-19(2)11-16(21)22/h3-5,8,12,15H,6-7,9-11H2,1-2H3,(H,21,22). The number of amides is 1. The maximum absolute atomic E-state index is 13.2. The van der Waals surface area contributed by atoms with Crippen molar-refractivity contribution in [3.05, 3.63) is 30.1 Å². The van der Waals surface area contributed by atoms with Crippen molar-refractivity contribution in [2.24, 2.45) is 0 Å². The molecular formula is C17H23FN2O5. The lowest BCUT2D eigenvalue weighted by Crippen LogP contribution is -2.52. The predicted molar refractivity (Wildman–Crippen MR) is 87.9 cm³/mol. The molecule has 1 N–H and O–H groups in total. The third kappa shape index (κ3) is 5.99. The van der Waals surface area contributed by atoms with Crippen LogP contribution in [0.3, 0.4) is 0 Å². The van der Waals surface area contributed by atoms with Gasteiger partial charge in [-0.05, 0) is 26.1 Å². The highest BCUT2D eigenvalue weighted by Crippen LogP contribution is 2.16. The van der Waals surface area contributed by atoms with Crippen molar-refractivity contribution in [2.45, 2.75) is 19.1 Å². The fourth-order valence-corrected chi connectivity index (χ4v) is 2.73. The van der Waals surface area contributed by atoms with Crippen molar-refractivity contribution in [3.8, 4) is 5.75 Å². The summed E-state index contributed by atoms with van der Waals surface area (Å²) in [6, 6.07) is 5.65. The number of likely N-dealkylation sites (N-methyl/N-ethyl adjacent to an activating group) is 1. The molecule has 1 fully saturated rings. The highest BCUT2D eigenvalue weighted by atomic mass is 19.1. The van der Waals surface area contributed by atoms with Gasteiger partial charge in [0.05, 0.1) is 19.3 Å². The zero-order chi connectivity index (χ0) is 18.4. The molecule has 0 bridgehead atoms. The average Bonchev–Trinajstić information content (AvgIpc) is 2.53. The second-order valence-corrected chi connectivity index (χ2v) is 6.08. The summed E-state index contributed by atoms with van der Waals surface area (Å²) >= 11 is 0. The summed E-state index contributed by atoms with van der Waals surface area (Å²) < 4.78 is 24.3. The van der Waals surface area contributed by atoms with Gasteiger partial charge in [-0.2, -0.15) is 0 Å². The summed E-state index contributed by atoms with van der Waals surface area (Å²) in [5, 5.41) is 8.80. The molecule has 138 valence electrons.